The van der Waals surface area contributed by atoms with Crippen molar-refractivity contribution in [3.8, 4) is 0 Å². The lowest BCUT2D eigenvalue weighted by Crippen LogP contribution is -2.23. The van der Waals surface area contributed by atoms with E-state index >= 15 is 0 Å². The van der Waals surface area contributed by atoms with Crippen molar-refractivity contribution in [1.82, 2.24) is 0 Å². The Morgan fingerprint density at radius 1 is 1.29 bits per heavy atom. The molecule has 1 N–H and O–H groups in total. The minimum Gasteiger partial charge on any atom is -0.388 e. The van der Waals surface area contributed by atoms with Gasteiger partial charge in [0.2, 0.25) is 0 Å². The predicted octanol–water partition coefficient (Wildman–Crippen LogP) is 3.02. The summed E-state index contributed by atoms with van der Waals surface area (Å²) < 4.78 is 0. The lowest BCUT2D eigenvalue weighted by molar-refractivity contribution is -0.384. The number of benzene rings is 1. The van der Waals surface area contributed by atoms with Crippen LogP contribution >= 0.6 is 0 Å². The van der Waals surface area contributed by atoms with Crippen molar-refractivity contribution in [1.29, 1.82) is 0 Å². The maximum absolute atomic E-state index is 10.5. The van der Waals surface area contributed by atoms with Gasteiger partial charge in [-0.1, -0.05) is 32.9 Å². The Morgan fingerprint density at radius 2 is 1.82 bits per heavy atom. The fourth-order valence-electron chi connectivity index (χ4n) is 1.20. The van der Waals surface area contributed by atoms with E-state index in [4.69, 9.17) is 0 Å². The molecular weight excluding hydrogens is 218 g/mol. The molecule has 1 aromatic rings. The molecule has 0 heterocycles. The van der Waals surface area contributed by atoms with E-state index in [0.717, 1.165) is 5.56 Å². The zero-order valence-electron chi connectivity index (χ0n) is 10.3. The number of non-ortho nitro benzene ring substituents is 1. The van der Waals surface area contributed by atoms with E-state index in [0.29, 0.717) is 0 Å². The lowest BCUT2D eigenvalue weighted by Gasteiger charge is -2.22. The van der Waals surface area contributed by atoms with Crippen LogP contribution in [0, 0.1) is 15.5 Å². The molecule has 4 nitrogen and oxygen atoms in total. The van der Waals surface area contributed by atoms with Crippen molar-refractivity contribution < 1.29 is 10.0 Å². The minimum absolute atomic E-state index is 0.0681. The first kappa shape index (κ1) is 13.4. The molecule has 92 valence electrons. The summed E-state index contributed by atoms with van der Waals surface area (Å²) in [6, 6.07) is 6.21. The number of hydrogen-bond donors (Lipinski definition) is 1. The van der Waals surface area contributed by atoms with Crippen molar-refractivity contribution in [2.75, 3.05) is 0 Å². The summed E-state index contributed by atoms with van der Waals surface area (Å²) in [4.78, 5) is 10.0. The van der Waals surface area contributed by atoms with E-state index in [1.807, 2.05) is 20.8 Å². The third kappa shape index (κ3) is 4.00. The van der Waals surface area contributed by atoms with Gasteiger partial charge in [0.15, 0.2) is 0 Å². The molecule has 0 fully saturated rings. The molecule has 0 aromatic heterocycles. The van der Waals surface area contributed by atoms with E-state index in [-0.39, 0.29) is 11.1 Å². The molecule has 0 aliphatic rings. The quantitative estimate of drug-likeness (QED) is 0.647. The number of rotatable bonds is 3. The Hall–Kier alpha value is -1.68. The number of aliphatic hydroxyl groups excluding tert-OH is 1. The van der Waals surface area contributed by atoms with Crippen LogP contribution in [0.15, 0.2) is 30.3 Å². The number of nitro groups is 1. The first-order valence-electron chi connectivity index (χ1n) is 5.41. The van der Waals surface area contributed by atoms with Gasteiger partial charge in [-0.15, -0.1) is 0 Å². The van der Waals surface area contributed by atoms with Gasteiger partial charge in [-0.2, -0.15) is 0 Å². The van der Waals surface area contributed by atoms with Gasteiger partial charge in [-0.3, -0.25) is 10.1 Å². The molecule has 0 radical (unpaired) electrons. The number of nitro benzene ring substituents is 1. The molecule has 0 bridgehead atoms. The van der Waals surface area contributed by atoms with Crippen molar-refractivity contribution in [3.05, 3.63) is 46.0 Å². The van der Waals surface area contributed by atoms with E-state index < -0.39 is 11.0 Å². The van der Waals surface area contributed by atoms with Crippen molar-refractivity contribution in [2.45, 2.75) is 26.9 Å². The summed E-state index contributed by atoms with van der Waals surface area (Å²) >= 11 is 0. The molecule has 0 saturated heterocycles. The van der Waals surface area contributed by atoms with Gasteiger partial charge in [-0.25, -0.2) is 0 Å². The number of aliphatic hydroxyl groups is 1. The van der Waals surface area contributed by atoms with E-state index in [2.05, 4.69) is 0 Å². The fourth-order valence-corrected chi connectivity index (χ4v) is 1.20. The fraction of sp³-hybridized carbons (Fsp3) is 0.385. The molecule has 1 atom stereocenters. The normalized spacial score (nSPS) is 13.9. The first-order valence-corrected chi connectivity index (χ1v) is 5.41. The van der Waals surface area contributed by atoms with Crippen LogP contribution in [-0.4, -0.2) is 16.1 Å². The third-order valence-corrected chi connectivity index (χ3v) is 2.46. The molecule has 0 amide bonds. The summed E-state index contributed by atoms with van der Waals surface area (Å²) in [7, 11) is 0. The van der Waals surface area contributed by atoms with Crippen LogP contribution in [0.1, 0.15) is 26.3 Å². The van der Waals surface area contributed by atoms with Crippen LogP contribution in [0.3, 0.4) is 0 Å². The van der Waals surface area contributed by atoms with E-state index in [9.17, 15) is 15.2 Å². The number of hydrogen-bond acceptors (Lipinski definition) is 3. The van der Waals surface area contributed by atoms with Crippen LogP contribution in [0.5, 0.6) is 0 Å². The topological polar surface area (TPSA) is 63.4 Å². The molecule has 0 saturated carbocycles. The largest absolute Gasteiger partial charge is 0.388 e. The molecule has 1 aromatic carbocycles. The molecule has 0 unspecified atom stereocenters. The van der Waals surface area contributed by atoms with Crippen molar-refractivity contribution >= 4 is 11.8 Å². The second-order valence-electron chi connectivity index (χ2n) is 5.02. The molecule has 1 rings (SSSR count). The molecule has 17 heavy (non-hydrogen) atoms. The summed E-state index contributed by atoms with van der Waals surface area (Å²) in [6.07, 6.45) is 2.92. The van der Waals surface area contributed by atoms with Gasteiger partial charge in [-0.05, 0) is 23.1 Å². The van der Waals surface area contributed by atoms with E-state index in [1.165, 1.54) is 12.1 Å². The summed E-state index contributed by atoms with van der Waals surface area (Å²) in [6.45, 7) is 5.83. The van der Waals surface area contributed by atoms with Gasteiger partial charge in [0.25, 0.3) is 5.69 Å². The monoisotopic (exact) mass is 235 g/mol. The standard InChI is InChI=1S/C13H17NO3/c1-13(2,3)12(15)9-6-10-4-7-11(8-5-10)14(16)17/h4-9,12,15H,1-3H3/b9-6+/t12-/m1/s1. The molecule has 0 aliphatic heterocycles. The average molecular weight is 235 g/mol. The second kappa shape index (κ2) is 5.10. The van der Waals surface area contributed by atoms with Crippen molar-refractivity contribution in [2.24, 2.45) is 5.41 Å². The Kier molecular flexibility index (Phi) is 4.02. The van der Waals surface area contributed by atoms with Crippen molar-refractivity contribution in [3.63, 3.8) is 0 Å². The molecular formula is C13H17NO3. The Morgan fingerprint density at radius 3 is 2.24 bits per heavy atom. The van der Waals surface area contributed by atoms with E-state index in [1.54, 1.807) is 24.3 Å². The van der Waals surface area contributed by atoms with Gasteiger partial charge in [0.1, 0.15) is 0 Å². The predicted molar refractivity (Wildman–Crippen MR) is 67.6 cm³/mol. The van der Waals surface area contributed by atoms with Crippen LogP contribution in [0.4, 0.5) is 5.69 Å². The first-order chi connectivity index (χ1) is 7.80. The van der Waals surface area contributed by atoms with Crippen LogP contribution in [0.25, 0.3) is 6.08 Å². The smallest absolute Gasteiger partial charge is 0.269 e. The SMILES string of the molecule is CC(C)(C)[C@H](O)/C=C/c1ccc([N+](=O)[O-])cc1. The lowest BCUT2D eigenvalue weighted by atomic mass is 9.89. The Balaban J connectivity index is 2.76. The summed E-state index contributed by atoms with van der Waals surface area (Å²) in [5, 5.41) is 20.3. The highest BCUT2D eigenvalue weighted by atomic mass is 16.6. The Labute approximate surface area is 101 Å². The second-order valence-corrected chi connectivity index (χ2v) is 5.02. The molecule has 0 aliphatic carbocycles. The summed E-state index contributed by atoms with van der Waals surface area (Å²) in [5.41, 5.74) is 0.689. The molecule has 0 spiro atoms. The Bertz CT molecular complexity index is 415. The highest BCUT2D eigenvalue weighted by Gasteiger charge is 2.18. The van der Waals surface area contributed by atoms with Crippen LogP contribution < -0.4 is 0 Å². The minimum atomic E-state index is -0.544. The highest BCUT2D eigenvalue weighted by molar-refractivity contribution is 5.52. The van der Waals surface area contributed by atoms with Gasteiger partial charge in [0.05, 0.1) is 11.0 Å². The van der Waals surface area contributed by atoms with Gasteiger partial charge in [0, 0.05) is 12.1 Å². The number of nitrogens with zero attached hydrogens (tertiary/aromatic N) is 1. The highest BCUT2D eigenvalue weighted by Crippen LogP contribution is 2.21. The van der Waals surface area contributed by atoms with Crippen LogP contribution in [-0.2, 0) is 0 Å². The third-order valence-electron chi connectivity index (χ3n) is 2.46. The summed E-state index contributed by atoms with van der Waals surface area (Å²) in [5.74, 6) is 0. The zero-order valence-corrected chi connectivity index (χ0v) is 10.3. The van der Waals surface area contributed by atoms with Gasteiger partial charge < -0.3 is 5.11 Å². The van der Waals surface area contributed by atoms with Gasteiger partial charge >= 0.3 is 0 Å². The zero-order chi connectivity index (χ0) is 13.1. The maximum atomic E-state index is 10.5. The maximum Gasteiger partial charge on any atom is 0.269 e. The average Bonchev–Trinajstić information content (AvgIpc) is 2.25. The molecule has 4 heteroatoms. The van der Waals surface area contributed by atoms with Crippen LogP contribution in [0.2, 0.25) is 0 Å².